The number of aliphatic carboxylic acids is 1. The lowest BCUT2D eigenvalue weighted by Gasteiger charge is -2.20. The normalized spacial score (nSPS) is 20.7. The van der Waals surface area contributed by atoms with E-state index < -0.39 is 17.9 Å². The first-order chi connectivity index (χ1) is 12.4. The van der Waals surface area contributed by atoms with Gasteiger partial charge in [0, 0.05) is 12.5 Å². The Labute approximate surface area is 149 Å². The number of carbonyl (C=O) groups is 2. The molecule has 1 heterocycles. The first kappa shape index (κ1) is 18.0. The van der Waals surface area contributed by atoms with E-state index in [4.69, 9.17) is 5.11 Å². The minimum atomic E-state index is -0.839. The number of tetrazole rings is 1. The maximum absolute atomic E-state index is 13.5. The quantitative estimate of drug-likeness (QED) is 0.802. The summed E-state index contributed by atoms with van der Waals surface area (Å²) in [6, 6.07) is 5.09. The van der Waals surface area contributed by atoms with Crippen molar-refractivity contribution < 1.29 is 19.1 Å². The zero-order chi connectivity index (χ0) is 18.7. The number of hydrogen-bond acceptors (Lipinski definition) is 5. The number of amides is 1. The lowest BCUT2D eigenvalue weighted by molar-refractivity contribution is -0.141. The van der Waals surface area contributed by atoms with Crippen LogP contribution in [0.15, 0.2) is 24.3 Å². The number of aromatic nitrogens is 4. The number of hydrogen-bond donors (Lipinski definition) is 2. The van der Waals surface area contributed by atoms with Crippen LogP contribution in [-0.4, -0.2) is 43.2 Å². The molecular formula is C17H20FN5O3. The molecule has 3 atom stereocenters. The molecule has 0 radical (unpaired) electrons. The molecule has 1 saturated carbocycles. The predicted octanol–water partition coefficient (Wildman–Crippen LogP) is 1.27. The average Bonchev–Trinajstić information content (AvgIpc) is 3.22. The van der Waals surface area contributed by atoms with Crippen molar-refractivity contribution >= 4 is 11.9 Å². The summed E-state index contributed by atoms with van der Waals surface area (Å²) < 4.78 is 14.9. The van der Waals surface area contributed by atoms with Gasteiger partial charge in [-0.15, -0.1) is 5.10 Å². The first-order valence-electron chi connectivity index (χ1n) is 8.46. The van der Waals surface area contributed by atoms with Gasteiger partial charge in [-0.05, 0) is 54.3 Å². The Kier molecular flexibility index (Phi) is 5.24. The van der Waals surface area contributed by atoms with Crippen molar-refractivity contribution in [3.05, 3.63) is 41.5 Å². The lowest BCUT2D eigenvalue weighted by Crippen LogP contribution is -2.40. The standard InChI is InChI=1S/C17H20FN5O3/c1-10-20-21-22-23(10)15(8-11-3-2-4-13(18)7-11)16(24)19-14-6-5-12(9-14)17(25)26/h2-4,7,12,14-15H,5-6,8-9H2,1H3,(H,19,24)(H,25,26)/t12-,14+,15?/m1/s1. The van der Waals surface area contributed by atoms with E-state index in [2.05, 4.69) is 20.8 Å². The van der Waals surface area contributed by atoms with Crippen LogP contribution in [-0.2, 0) is 16.0 Å². The average molecular weight is 361 g/mol. The van der Waals surface area contributed by atoms with E-state index in [1.807, 2.05) is 0 Å². The lowest BCUT2D eigenvalue weighted by atomic mass is 10.0. The van der Waals surface area contributed by atoms with E-state index >= 15 is 0 Å². The van der Waals surface area contributed by atoms with E-state index in [0.29, 0.717) is 30.7 Å². The monoisotopic (exact) mass is 361 g/mol. The third-order valence-electron chi connectivity index (χ3n) is 4.70. The molecule has 0 aliphatic heterocycles. The fourth-order valence-electron chi connectivity index (χ4n) is 3.34. The van der Waals surface area contributed by atoms with E-state index in [9.17, 15) is 14.0 Å². The Hall–Kier alpha value is -2.84. The molecule has 2 N–H and O–H groups in total. The molecule has 1 aliphatic rings. The number of halogens is 1. The van der Waals surface area contributed by atoms with Crippen LogP contribution < -0.4 is 5.32 Å². The highest BCUT2D eigenvalue weighted by atomic mass is 19.1. The van der Waals surface area contributed by atoms with Gasteiger partial charge in [-0.2, -0.15) is 0 Å². The van der Waals surface area contributed by atoms with Crippen molar-refractivity contribution in [3.8, 4) is 0 Å². The highest BCUT2D eigenvalue weighted by molar-refractivity contribution is 5.81. The summed E-state index contributed by atoms with van der Waals surface area (Å²) in [5, 5.41) is 23.3. The van der Waals surface area contributed by atoms with Gasteiger partial charge in [0.15, 0.2) is 0 Å². The van der Waals surface area contributed by atoms with E-state index in [1.165, 1.54) is 16.8 Å². The molecule has 138 valence electrons. The molecule has 1 amide bonds. The summed E-state index contributed by atoms with van der Waals surface area (Å²) in [5.74, 6) is -1.49. The second kappa shape index (κ2) is 7.59. The number of carboxylic acid groups (broad SMARTS) is 1. The maximum Gasteiger partial charge on any atom is 0.306 e. The zero-order valence-electron chi connectivity index (χ0n) is 14.3. The maximum atomic E-state index is 13.5. The fourth-order valence-corrected chi connectivity index (χ4v) is 3.34. The third kappa shape index (κ3) is 4.04. The minimum Gasteiger partial charge on any atom is -0.481 e. The molecule has 8 nitrogen and oxygen atoms in total. The Morgan fingerprint density at radius 3 is 2.85 bits per heavy atom. The molecule has 0 bridgehead atoms. The Morgan fingerprint density at radius 2 is 2.23 bits per heavy atom. The van der Waals surface area contributed by atoms with Gasteiger partial charge < -0.3 is 10.4 Å². The molecule has 1 unspecified atom stereocenters. The van der Waals surface area contributed by atoms with Gasteiger partial charge >= 0.3 is 5.97 Å². The van der Waals surface area contributed by atoms with Crippen molar-refractivity contribution in [3.63, 3.8) is 0 Å². The highest BCUT2D eigenvalue weighted by Gasteiger charge is 2.33. The summed E-state index contributed by atoms with van der Waals surface area (Å²) in [6.07, 6.45) is 1.79. The summed E-state index contributed by atoms with van der Waals surface area (Å²) >= 11 is 0. The van der Waals surface area contributed by atoms with Crippen LogP contribution in [0.5, 0.6) is 0 Å². The number of rotatable bonds is 6. The van der Waals surface area contributed by atoms with Gasteiger partial charge in [0.05, 0.1) is 5.92 Å². The van der Waals surface area contributed by atoms with Gasteiger partial charge in [-0.3, -0.25) is 9.59 Å². The zero-order valence-corrected chi connectivity index (χ0v) is 14.3. The highest BCUT2D eigenvalue weighted by Crippen LogP contribution is 2.26. The third-order valence-corrected chi connectivity index (χ3v) is 4.70. The molecule has 1 aliphatic carbocycles. The second-order valence-corrected chi connectivity index (χ2v) is 6.57. The molecule has 1 aromatic heterocycles. The summed E-state index contributed by atoms with van der Waals surface area (Å²) in [4.78, 5) is 23.9. The number of aryl methyl sites for hydroxylation is 1. The van der Waals surface area contributed by atoms with Gasteiger partial charge in [0.25, 0.3) is 0 Å². The Morgan fingerprint density at radius 1 is 1.42 bits per heavy atom. The van der Waals surface area contributed by atoms with E-state index in [-0.39, 0.29) is 24.2 Å². The van der Waals surface area contributed by atoms with Crippen molar-refractivity contribution in [1.82, 2.24) is 25.5 Å². The molecule has 9 heteroatoms. The van der Waals surface area contributed by atoms with Gasteiger partial charge in [-0.1, -0.05) is 12.1 Å². The van der Waals surface area contributed by atoms with Gasteiger partial charge in [0.1, 0.15) is 17.7 Å². The molecule has 2 aromatic rings. The van der Waals surface area contributed by atoms with Crippen molar-refractivity contribution in [2.75, 3.05) is 0 Å². The minimum absolute atomic E-state index is 0.199. The van der Waals surface area contributed by atoms with E-state index in [0.717, 1.165) is 0 Å². The Balaban J connectivity index is 1.76. The molecular weight excluding hydrogens is 341 g/mol. The van der Waals surface area contributed by atoms with Crippen LogP contribution >= 0.6 is 0 Å². The molecule has 26 heavy (non-hydrogen) atoms. The molecule has 0 saturated heterocycles. The van der Waals surface area contributed by atoms with Crippen LogP contribution in [0, 0.1) is 18.7 Å². The van der Waals surface area contributed by atoms with E-state index in [1.54, 1.807) is 19.1 Å². The number of carboxylic acids is 1. The SMILES string of the molecule is Cc1nnnn1C(Cc1cccc(F)c1)C(=O)N[C@H]1CC[C@@H](C(=O)O)C1. The Bertz CT molecular complexity index is 809. The van der Waals surface area contributed by atoms with Crippen molar-refractivity contribution in [1.29, 1.82) is 0 Å². The molecule has 3 rings (SSSR count). The summed E-state index contributed by atoms with van der Waals surface area (Å²) in [7, 11) is 0. The van der Waals surface area contributed by atoms with Crippen molar-refractivity contribution in [2.45, 2.75) is 44.7 Å². The first-order valence-corrected chi connectivity index (χ1v) is 8.46. The summed E-state index contributed by atoms with van der Waals surface area (Å²) in [5.41, 5.74) is 0.648. The predicted molar refractivity (Wildman–Crippen MR) is 88.6 cm³/mol. The smallest absolute Gasteiger partial charge is 0.306 e. The van der Waals surface area contributed by atoms with Crippen LogP contribution in [0.1, 0.15) is 36.7 Å². The van der Waals surface area contributed by atoms with Gasteiger partial charge in [-0.25, -0.2) is 9.07 Å². The number of nitrogens with zero attached hydrogens (tertiary/aromatic N) is 4. The largest absolute Gasteiger partial charge is 0.481 e. The number of carbonyl (C=O) groups excluding carboxylic acids is 1. The van der Waals surface area contributed by atoms with Gasteiger partial charge in [0.2, 0.25) is 5.91 Å². The number of benzene rings is 1. The van der Waals surface area contributed by atoms with Crippen LogP contribution in [0.2, 0.25) is 0 Å². The molecule has 1 fully saturated rings. The molecule has 0 spiro atoms. The fraction of sp³-hybridized carbons (Fsp3) is 0.471. The molecule has 1 aromatic carbocycles. The topological polar surface area (TPSA) is 110 Å². The van der Waals surface area contributed by atoms with Crippen LogP contribution in [0.3, 0.4) is 0 Å². The van der Waals surface area contributed by atoms with Crippen LogP contribution in [0.4, 0.5) is 4.39 Å². The second-order valence-electron chi connectivity index (χ2n) is 6.57. The summed E-state index contributed by atoms with van der Waals surface area (Å²) in [6.45, 7) is 1.68. The van der Waals surface area contributed by atoms with Crippen LogP contribution in [0.25, 0.3) is 0 Å². The number of nitrogens with one attached hydrogen (secondary N) is 1. The van der Waals surface area contributed by atoms with Crippen molar-refractivity contribution in [2.24, 2.45) is 5.92 Å².